The van der Waals surface area contributed by atoms with E-state index in [1.54, 1.807) is 6.92 Å². The molecule has 0 amide bonds. The average Bonchev–Trinajstić information content (AvgIpc) is 2.22. The van der Waals surface area contributed by atoms with E-state index in [0.717, 1.165) is 0 Å². The van der Waals surface area contributed by atoms with Gasteiger partial charge in [0.1, 0.15) is 12.0 Å². The molecule has 0 aliphatic rings. The van der Waals surface area contributed by atoms with Gasteiger partial charge in [-0.25, -0.2) is 9.37 Å². The molecule has 2 atom stereocenters. The summed E-state index contributed by atoms with van der Waals surface area (Å²) in [5.41, 5.74) is 0. The Morgan fingerprint density at radius 2 is 2.40 bits per heavy atom. The van der Waals surface area contributed by atoms with Gasteiger partial charge in [-0.1, -0.05) is 0 Å². The van der Waals surface area contributed by atoms with Crippen LogP contribution in [-0.4, -0.2) is 33.9 Å². The molecular weight excluding hydrogens is 288 g/mol. The zero-order valence-corrected chi connectivity index (χ0v) is 10.3. The first-order valence-electron chi connectivity index (χ1n) is 4.24. The molecule has 1 rings (SSSR count). The molecule has 0 saturated carbocycles. The maximum atomic E-state index is 13.0. The molecule has 0 saturated heterocycles. The summed E-state index contributed by atoms with van der Waals surface area (Å²) in [6.45, 7) is 1.06. The molecule has 0 aliphatic heterocycles. The number of nitrogens with zero attached hydrogens (tertiary/aromatic N) is 2. The van der Waals surface area contributed by atoms with Gasteiger partial charge in [-0.2, -0.15) is 4.98 Å². The normalized spacial score (nSPS) is 14.7. The lowest BCUT2D eigenvalue weighted by Gasteiger charge is -2.17. The van der Waals surface area contributed by atoms with Crippen LogP contribution in [0.5, 0.6) is 0 Å². The lowest BCUT2D eigenvalue weighted by Crippen LogP contribution is -2.30. The highest BCUT2D eigenvalue weighted by Crippen LogP contribution is 2.21. The lowest BCUT2D eigenvalue weighted by molar-refractivity contribution is 0.165. The van der Waals surface area contributed by atoms with Crippen molar-refractivity contribution in [3.05, 3.63) is 16.0 Å². The van der Waals surface area contributed by atoms with Gasteiger partial charge in [0, 0.05) is 6.20 Å². The molecule has 0 spiro atoms. The predicted molar refractivity (Wildman–Crippen MR) is 59.8 cm³/mol. The van der Waals surface area contributed by atoms with Crippen LogP contribution in [0.1, 0.15) is 6.92 Å². The van der Waals surface area contributed by atoms with Crippen LogP contribution < -0.4 is 5.32 Å². The minimum Gasteiger partial charge on any atom is -0.393 e. The van der Waals surface area contributed by atoms with Crippen LogP contribution in [0.15, 0.2) is 10.7 Å². The Hall–Kier alpha value is -0.460. The maximum absolute atomic E-state index is 13.0. The number of alkyl halides is 1. The maximum Gasteiger partial charge on any atom is 0.224 e. The van der Waals surface area contributed by atoms with E-state index in [1.165, 1.54) is 6.20 Å². The van der Waals surface area contributed by atoms with Gasteiger partial charge in [0.15, 0.2) is 0 Å². The van der Waals surface area contributed by atoms with Crippen molar-refractivity contribution >= 4 is 33.3 Å². The summed E-state index contributed by atoms with van der Waals surface area (Å²) in [5.74, 6) is 0.401. The number of halogens is 3. The largest absolute Gasteiger partial charge is 0.393 e. The van der Waals surface area contributed by atoms with Crippen LogP contribution in [-0.2, 0) is 0 Å². The van der Waals surface area contributed by atoms with Gasteiger partial charge in [0.25, 0.3) is 0 Å². The SMILES string of the molecule is CC(Nc1nc(Cl)ncc1Br)C(F)CO. The number of nitrogens with one attached hydrogen (secondary N) is 1. The molecule has 7 heteroatoms. The van der Waals surface area contributed by atoms with Crippen molar-refractivity contribution in [2.75, 3.05) is 11.9 Å². The first kappa shape index (κ1) is 12.6. The Balaban J connectivity index is 2.75. The fourth-order valence-electron chi connectivity index (χ4n) is 0.911. The smallest absolute Gasteiger partial charge is 0.224 e. The van der Waals surface area contributed by atoms with Crippen molar-refractivity contribution in [1.82, 2.24) is 9.97 Å². The molecule has 0 aromatic carbocycles. The second-order valence-corrected chi connectivity index (χ2v) is 4.16. The molecule has 4 nitrogen and oxygen atoms in total. The van der Waals surface area contributed by atoms with Gasteiger partial charge < -0.3 is 10.4 Å². The van der Waals surface area contributed by atoms with Crippen LogP contribution in [0.2, 0.25) is 5.28 Å². The minimum absolute atomic E-state index is 0.0762. The molecule has 2 N–H and O–H groups in total. The first-order chi connectivity index (χ1) is 7.04. The summed E-state index contributed by atoms with van der Waals surface area (Å²) in [6.07, 6.45) is 0.113. The van der Waals surface area contributed by atoms with Crippen LogP contribution >= 0.6 is 27.5 Å². The van der Waals surface area contributed by atoms with Crippen LogP contribution in [0.25, 0.3) is 0 Å². The third-order valence-corrected chi connectivity index (χ3v) is 2.56. The Morgan fingerprint density at radius 3 is 3.00 bits per heavy atom. The molecule has 15 heavy (non-hydrogen) atoms. The fourth-order valence-corrected chi connectivity index (χ4v) is 1.35. The quantitative estimate of drug-likeness (QED) is 0.835. The Labute approximate surface area is 100 Å². The average molecular weight is 299 g/mol. The van der Waals surface area contributed by atoms with Crippen molar-refractivity contribution in [1.29, 1.82) is 0 Å². The van der Waals surface area contributed by atoms with Gasteiger partial charge in [-0.05, 0) is 34.5 Å². The summed E-state index contributed by atoms with van der Waals surface area (Å²) >= 11 is 8.79. The standard InChI is InChI=1S/C8H10BrClFN3O/c1-4(6(11)3-15)13-7-5(9)2-12-8(10)14-7/h2,4,6,15H,3H2,1H3,(H,12,13,14). The highest BCUT2D eigenvalue weighted by molar-refractivity contribution is 9.10. The summed E-state index contributed by atoms with van der Waals surface area (Å²) in [4.78, 5) is 7.61. The van der Waals surface area contributed by atoms with Crippen molar-refractivity contribution < 1.29 is 9.50 Å². The Bertz CT molecular complexity index is 342. The minimum atomic E-state index is -1.36. The van der Waals surface area contributed by atoms with Gasteiger partial charge in [0.2, 0.25) is 5.28 Å². The molecule has 2 unspecified atom stereocenters. The van der Waals surface area contributed by atoms with E-state index in [9.17, 15) is 4.39 Å². The third kappa shape index (κ3) is 3.55. The topological polar surface area (TPSA) is 58.0 Å². The highest BCUT2D eigenvalue weighted by Gasteiger charge is 2.16. The summed E-state index contributed by atoms with van der Waals surface area (Å²) in [7, 11) is 0. The number of anilines is 1. The van der Waals surface area contributed by atoms with E-state index in [0.29, 0.717) is 10.3 Å². The van der Waals surface area contributed by atoms with E-state index in [4.69, 9.17) is 16.7 Å². The predicted octanol–water partition coefficient (Wildman–Crippen LogP) is 2.02. The monoisotopic (exact) mass is 297 g/mol. The van der Waals surface area contributed by atoms with Crippen LogP contribution in [0.3, 0.4) is 0 Å². The molecule has 1 aromatic heterocycles. The van der Waals surface area contributed by atoms with E-state index in [2.05, 4.69) is 31.2 Å². The van der Waals surface area contributed by atoms with Gasteiger partial charge in [0.05, 0.1) is 17.1 Å². The van der Waals surface area contributed by atoms with Crippen LogP contribution in [0.4, 0.5) is 10.2 Å². The molecule has 0 radical (unpaired) electrons. The van der Waals surface area contributed by atoms with Gasteiger partial charge >= 0.3 is 0 Å². The van der Waals surface area contributed by atoms with E-state index >= 15 is 0 Å². The fraction of sp³-hybridized carbons (Fsp3) is 0.500. The molecule has 0 bridgehead atoms. The van der Waals surface area contributed by atoms with Crippen LogP contribution in [0, 0.1) is 0 Å². The van der Waals surface area contributed by atoms with Crippen molar-refractivity contribution in [3.8, 4) is 0 Å². The molecular formula is C8H10BrClFN3O. The number of rotatable bonds is 4. The molecule has 84 valence electrons. The Kier molecular flexibility index (Phi) is 4.69. The number of aromatic nitrogens is 2. The molecule has 0 aliphatic carbocycles. The lowest BCUT2D eigenvalue weighted by atomic mass is 10.2. The van der Waals surface area contributed by atoms with Crippen molar-refractivity contribution in [2.24, 2.45) is 0 Å². The van der Waals surface area contributed by atoms with E-state index in [-0.39, 0.29) is 5.28 Å². The van der Waals surface area contributed by atoms with E-state index < -0.39 is 18.8 Å². The number of hydrogen-bond acceptors (Lipinski definition) is 4. The number of hydrogen-bond donors (Lipinski definition) is 2. The van der Waals surface area contributed by atoms with Gasteiger partial charge in [-0.3, -0.25) is 0 Å². The Morgan fingerprint density at radius 1 is 1.73 bits per heavy atom. The third-order valence-electron chi connectivity index (χ3n) is 1.80. The summed E-state index contributed by atoms with van der Waals surface area (Å²) in [5, 5.41) is 11.5. The second kappa shape index (κ2) is 5.58. The first-order valence-corrected chi connectivity index (χ1v) is 5.41. The number of aliphatic hydroxyl groups is 1. The van der Waals surface area contributed by atoms with Crippen molar-refractivity contribution in [2.45, 2.75) is 19.1 Å². The summed E-state index contributed by atoms with van der Waals surface area (Å²) < 4.78 is 13.6. The molecule has 0 fully saturated rings. The second-order valence-electron chi connectivity index (χ2n) is 2.97. The van der Waals surface area contributed by atoms with Crippen molar-refractivity contribution in [3.63, 3.8) is 0 Å². The zero-order valence-electron chi connectivity index (χ0n) is 7.91. The van der Waals surface area contributed by atoms with Gasteiger partial charge in [-0.15, -0.1) is 0 Å². The summed E-state index contributed by atoms with van der Waals surface area (Å²) in [6, 6.07) is -0.558. The highest BCUT2D eigenvalue weighted by atomic mass is 79.9. The molecule has 1 aromatic rings. The molecule has 1 heterocycles. The number of aliphatic hydroxyl groups excluding tert-OH is 1. The van der Waals surface area contributed by atoms with E-state index in [1.807, 2.05) is 0 Å². The zero-order chi connectivity index (χ0) is 11.4.